The van der Waals surface area contributed by atoms with Gasteiger partial charge in [0.2, 0.25) is 11.8 Å². The summed E-state index contributed by atoms with van der Waals surface area (Å²) in [5, 5.41) is 15.8. The van der Waals surface area contributed by atoms with Gasteiger partial charge in [-0.2, -0.15) is 0 Å². The first-order valence-electron chi connectivity index (χ1n) is 14.5. The summed E-state index contributed by atoms with van der Waals surface area (Å²) in [6.07, 6.45) is 5.93. The minimum Gasteiger partial charge on any atom is -0.358 e. The molecule has 0 aromatic heterocycles. The van der Waals surface area contributed by atoms with E-state index < -0.39 is 18.0 Å². The van der Waals surface area contributed by atoms with Crippen molar-refractivity contribution >= 4 is 46.7 Å². The molecular weight excluding hydrogens is 570 g/mol. The predicted molar refractivity (Wildman–Crippen MR) is 172 cm³/mol. The molecule has 3 rings (SSSR count). The Morgan fingerprint density at radius 3 is 2.40 bits per heavy atom. The third kappa shape index (κ3) is 10.1. The largest absolute Gasteiger partial charge is 0.358 e. The normalized spacial score (nSPS) is 17.8. The van der Waals surface area contributed by atoms with E-state index >= 15 is 0 Å². The summed E-state index contributed by atoms with van der Waals surface area (Å²) in [5.41, 5.74) is 2.47. The van der Waals surface area contributed by atoms with Gasteiger partial charge in [0.25, 0.3) is 5.91 Å². The van der Waals surface area contributed by atoms with Gasteiger partial charge in [0.1, 0.15) is 12.1 Å². The van der Waals surface area contributed by atoms with Crippen LogP contribution in [0.25, 0.3) is 0 Å². The molecule has 2 aromatic carbocycles. The fraction of sp³-hybridized carbons (Fsp3) is 0.438. The molecule has 0 heterocycles. The van der Waals surface area contributed by atoms with Crippen molar-refractivity contribution in [1.82, 2.24) is 26.6 Å². The lowest BCUT2D eigenvalue weighted by atomic mass is 9.80. The number of halogens is 1. The lowest BCUT2D eigenvalue weighted by molar-refractivity contribution is -0.130. The average Bonchev–Trinajstić information content (AvgIpc) is 2.96. The second kappa shape index (κ2) is 16.3. The summed E-state index contributed by atoms with van der Waals surface area (Å²) in [5.74, 6) is -0.657. The quantitative estimate of drug-likeness (QED) is 0.218. The van der Waals surface area contributed by atoms with Crippen molar-refractivity contribution in [3.8, 4) is 0 Å². The number of benzene rings is 2. The van der Waals surface area contributed by atoms with Crippen LogP contribution in [0.3, 0.4) is 0 Å². The standard InChI is InChI=1S/C32H42ClN5O3S/c1-5-34-32(42)35-19-22-13-15-23(16-14-22)30(40)36-21(4)29(39)38-28(17-20(2)3)31(41)37-27-12-7-6-11-26(27)24-9-8-10-25(33)18-24/h5,8-10,13-16,18,20-21,26-28H,1,6-7,11-12,17,19H2,2-4H3,(H,36,40)(H,37,41)(H,38,39)(H2,34,35,42)/t21?,26?,27-,28+/m1/s1. The fourth-order valence-electron chi connectivity index (χ4n) is 5.17. The van der Waals surface area contributed by atoms with Gasteiger partial charge in [-0.05, 0) is 85.9 Å². The molecule has 1 aliphatic carbocycles. The lowest BCUT2D eigenvalue weighted by Crippen LogP contribution is -2.55. The molecule has 5 N–H and O–H groups in total. The van der Waals surface area contributed by atoms with Crippen molar-refractivity contribution < 1.29 is 14.4 Å². The van der Waals surface area contributed by atoms with Crippen molar-refractivity contribution in [3.05, 3.63) is 83.0 Å². The Morgan fingerprint density at radius 2 is 1.74 bits per heavy atom. The van der Waals surface area contributed by atoms with Crippen LogP contribution in [0.1, 0.15) is 80.3 Å². The maximum Gasteiger partial charge on any atom is 0.251 e. The Bertz CT molecular complexity index is 1250. The first-order valence-corrected chi connectivity index (χ1v) is 15.3. The van der Waals surface area contributed by atoms with Crippen molar-refractivity contribution in [2.75, 3.05) is 0 Å². The van der Waals surface area contributed by atoms with Crippen LogP contribution >= 0.6 is 23.8 Å². The molecule has 0 saturated heterocycles. The Labute approximate surface area is 259 Å². The van der Waals surface area contributed by atoms with E-state index in [1.807, 2.05) is 44.2 Å². The molecule has 2 unspecified atom stereocenters. The van der Waals surface area contributed by atoms with Gasteiger partial charge < -0.3 is 26.6 Å². The van der Waals surface area contributed by atoms with Crippen LogP contribution in [0.5, 0.6) is 0 Å². The highest BCUT2D eigenvalue weighted by Crippen LogP contribution is 2.34. The van der Waals surface area contributed by atoms with Gasteiger partial charge in [-0.1, -0.05) is 69.1 Å². The topological polar surface area (TPSA) is 111 Å². The zero-order valence-corrected chi connectivity index (χ0v) is 26.1. The predicted octanol–water partition coefficient (Wildman–Crippen LogP) is 4.94. The monoisotopic (exact) mass is 611 g/mol. The highest BCUT2D eigenvalue weighted by molar-refractivity contribution is 7.80. The van der Waals surface area contributed by atoms with Crippen LogP contribution in [-0.4, -0.2) is 41.0 Å². The number of amides is 3. The van der Waals surface area contributed by atoms with Gasteiger partial charge in [0.15, 0.2) is 5.11 Å². The number of hydrogen-bond donors (Lipinski definition) is 5. The molecule has 3 amide bonds. The SMILES string of the molecule is C=CNC(=S)NCc1ccc(C(=O)NC(C)C(=O)N[C@@H](CC(C)C)C(=O)N[C@@H]2CCCCC2c2cccc(Cl)c2)cc1. The zero-order chi connectivity index (χ0) is 30.6. The van der Waals surface area contributed by atoms with E-state index in [0.717, 1.165) is 36.8 Å². The molecule has 1 aliphatic rings. The summed E-state index contributed by atoms with van der Waals surface area (Å²) in [4.78, 5) is 39.5. The highest BCUT2D eigenvalue weighted by Gasteiger charge is 2.32. The minimum absolute atomic E-state index is 0.0413. The maximum atomic E-state index is 13.5. The van der Waals surface area contributed by atoms with E-state index in [1.165, 1.54) is 6.20 Å². The van der Waals surface area contributed by atoms with Crippen molar-refractivity contribution in [3.63, 3.8) is 0 Å². The summed E-state index contributed by atoms with van der Waals surface area (Å²) >= 11 is 11.4. The van der Waals surface area contributed by atoms with E-state index in [4.69, 9.17) is 23.8 Å². The van der Waals surface area contributed by atoms with Gasteiger partial charge in [-0.15, -0.1) is 0 Å². The number of carbonyl (C=O) groups excluding carboxylic acids is 3. The number of thiocarbonyl (C=S) groups is 1. The molecule has 1 saturated carbocycles. The molecule has 0 spiro atoms. The summed E-state index contributed by atoms with van der Waals surface area (Å²) in [7, 11) is 0. The first-order chi connectivity index (χ1) is 20.1. The molecule has 4 atom stereocenters. The summed E-state index contributed by atoms with van der Waals surface area (Å²) in [6, 6.07) is 13.2. The fourth-order valence-corrected chi connectivity index (χ4v) is 5.52. The van der Waals surface area contributed by atoms with Crippen LogP contribution in [-0.2, 0) is 16.1 Å². The van der Waals surface area contributed by atoms with Crippen LogP contribution in [0.2, 0.25) is 5.02 Å². The first kappa shape index (κ1) is 33.1. The molecule has 0 aliphatic heterocycles. The molecule has 1 fully saturated rings. The average molecular weight is 612 g/mol. The van der Waals surface area contributed by atoms with Gasteiger partial charge in [-0.3, -0.25) is 14.4 Å². The van der Waals surface area contributed by atoms with Gasteiger partial charge in [0, 0.05) is 29.1 Å². The summed E-state index contributed by atoms with van der Waals surface area (Å²) in [6.45, 7) is 9.68. The smallest absolute Gasteiger partial charge is 0.251 e. The van der Waals surface area contributed by atoms with E-state index in [0.29, 0.717) is 28.7 Å². The molecule has 0 bridgehead atoms. The van der Waals surface area contributed by atoms with Crippen LogP contribution < -0.4 is 26.6 Å². The second-order valence-corrected chi connectivity index (χ2v) is 12.0. The lowest BCUT2D eigenvalue weighted by Gasteiger charge is -2.34. The zero-order valence-electron chi connectivity index (χ0n) is 24.5. The Balaban J connectivity index is 1.59. The van der Waals surface area contributed by atoms with E-state index in [1.54, 1.807) is 19.1 Å². The van der Waals surface area contributed by atoms with E-state index in [-0.39, 0.29) is 29.7 Å². The number of rotatable bonds is 12. The third-order valence-corrected chi connectivity index (χ3v) is 7.85. The third-order valence-electron chi connectivity index (χ3n) is 7.35. The Hall–Kier alpha value is -3.43. The highest BCUT2D eigenvalue weighted by atomic mass is 35.5. The molecule has 10 heteroatoms. The van der Waals surface area contributed by atoms with Crippen molar-refractivity contribution in [2.24, 2.45) is 5.92 Å². The minimum atomic E-state index is -0.836. The van der Waals surface area contributed by atoms with Gasteiger partial charge in [0.05, 0.1) is 0 Å². The van der Waals surface area contributed by atoms with Crippen LogP contribution in [0, 0.1) is 5.92 Å². The van der Waals surface area contributed by atoms with Gasteiger partial charge in [-0.25, -0.2) is 0 Å². The van der Waals surface area contributed by atoms with Crippen LogP contribution in [0.4, 0.5) is 0 Å². The summed E-state index contributed by atoms with van der Waals surface area (Å²) < 4.78 is 0. The second-order valence-electron chi connectivity index (χ2n) is 11.2. The van der Waals surface area contributed by atoms with Crippen LogP contribution in [0.15, 0.2) is 61.3 Å². The Kier molecular flexibility index (Phi) is 12.8. The molecule has 226 valence electrons. The van der Waals surface area contributed by atoms with E-state index in [9.17, 15) is 14.4 Å². The van der Waals surface area contributed by atoms with Crippen molar-refractivity contribution in [1.29, 1.82) is 0 Å². The van der Waals surface area contributed by atoms with E-state index in [2.05, 4.69) is 39.2 Å². The van der Waals surface area contributed by atoms with Gasteiger partial charge >= 0.3 is 0 Å². The number of carbonyl (C=O) groups is 3. The molecule has 2 aromatic rings. The number of hydrogen-bond acceptors (Lipinski definition) is 4. The Morgan fingerprint density at radius 1 is 1.02 bits per heavy atom. The van der Waals surface area contributed by atoms with Crippen molar-refractivity contribution in [2.45, 2.75) is 83.5 Å². The molecule has 0 radical (unpaired) electrons. The molecule has 42 heavy (non-hydrogen) atoms. The number of nitrogens with one attached hydrogen (secondary N) is 5. The molecular formula is C32H42ClN5O3S. The molecule has 8 nitrogen and oxygen atoms in total. The maximum absolute atomic E-state index is 13.5.